The molecule has 1 saturated carbocycles. The molecule has 0 saturated heterocycles. The van der Waals surface area contributed by atoms with Gasteiger partial charge >= 0.3 is 5.97 Å². The summed E-state index contributed by atoms with van der Waals surface area (Å²) in [5.41, 5.74) is 1.07. The van der Waals surface area contributed by atoms with E-state index in [2.05, 4.69) is 5.32 Å². The van der Waals surface area contributed by atoms with Crippen molar-refractivity contribution < 1.29 is 14.7 Å². The van der Waals surface area contributed by atoms with Gasteiger partial charge in [0.2, 0.25) is 5.91 Å². The number of carboxylic acid groups (broad SMARTS) is 1. The van der Waals surface area contributed by atoms with Gasteiger partial charge in [-0.15, -0.1) is 11.8 Å². The highest BCUT2D eigenvalue weighted by Crippen LogP contribution is 2.39. The van der Waals surface area contributed by atoms with Gasteiger partial charge in [0, 0.05) is 16.7 Å². The molecule has 2 N–H and O–H groups in total. The maximum absolute atomic E-state index is 12.4. The summed E-state index contributed by atoms with van der Waals surface area (Å²) in [7, 11) is 0. The number of hydrogen-bond acceptors (Lipinski definition) is 3. The van der Waals surface area contributed by atoms with Crippen LogP contribution in [0.15, 0.2) is 29.2 Å². The second-order valence-corrected chi connectivity index (χ2v) is 6.45. The molecule has 4 nitrogen and oxygen atoms in total. The lowest BCUT2D eigenvalue weighted by Gasteiger charge is -2.20. The number of thioether (sulfide) groups is 1. The predicted molar refractivity (Wildman–Crippen MR) is 76.8 cm³/mol. The molecular weight excluding hydrogens is 274 g/mol. The van der Waals surface area contributed by atoms with Crippen LogP contribution in [0.25, 0.3) is 0 Å². The fourth-order valence-corrected chi connectivity index (χ4v) is 4.32. The molecule has 3 atom stereocenters. The van der Waals surface area contributed by atoms with Crippen molar-refractivity contribution in [3.05, 3.63) is 29.8 Å². The highest BCUT2D eigenvalue weighted by molar-refractivity contribution is 7.99. The van der Waals surface area contributed by atoms with E-state index in [9.17, 15) is 9.59 Å². The minimum absolute atomic E-state index is 0.0272. The summed E-state index contributed by atoms with van der Waals surface area (Å²) in [5.74, 6) is -0.653. The SMILES string of the molecule is O=C(NC1CCCC1C(=O)O)C1CSc2ccccc21. The minimum atomic E-state index is -0.797. The van der Waals surface area contributed by atoms with E-state index in [1.807, 2.05) is 24.3 Å². The summed E-state index contributed by atoms with van der Waals surface area (Å²) < 4.78 is 0. The molecule has 1 aliphatic carbocycles. The van der Waals surface area contributed by atoms with Gasteiger partial charge in [-0.2, -0.15) is 0 Å². The van der Waals surface area contributed by atoms with Crippen LogP contribution in [-0.4, -0.2) is 28.8 Å². The summed E-state index contributed by atoms with van der Waals surface area (Å²) in [5, 5.41) is 12.1. The first kappa shape index (κ1) is 13.5. The van der Waals surface area contributed by atoms with Gasteiger partial charge in [-0.1, -0.05) is 24.6 Å². The van der Waals surface area contributed by atoms with Crippen molar-refractivity contribution in [2.75, 3.05) is 5.75 Å². The number of amides is 1. The summed E-state index contributed by atoms with van der Waals surface area (Å²) in [6, 6.07) is 7.73. The molecule has 1 heterocycles. The summed E-state index contributed by atoms with van der Waals surface area (Å²) >= 11 is 1.69. The molecule has 1 amide bonds. The fraction of sp³-hybridized carbons (Fsp3) is 0.467. The van der Waals surface area contributed by atoms with Gasteiger partial charge in [-0.05, 0) is 24.5 Å². The number of benzene rings is 1. The van der Waals surface area contributed by atoms with Crippen molar-refractivity contribution in [1.82, 2.24) is 5.32 Å². The standard InChI is InChI=1S/C15H17NO3S/c17-14(16-12-6-3-5-10(12)15(18)19)11-8-20-13-7-2-1-4-9(11)13/h1-2,4,7,10-12H,3,5-6,8H2,(H,16,17)(H,18,19). The first-order valence-corrected chi connectivity index (χ1v) is 7.90. The molecule has 5 heteroatoms. The quantitative estimate of drug-likeness (QED) is 0.896. The van der Waals surface area contributed by atoms with Crippen molar-refractivity contribution in [3.63, 3.8) is 0 Å². The van der Waals surface area contributed by atoms with E-state index in [1.165, 1.54) is 0 Å². The number of fused-ring (bicyclic) bond motifs is 1. The molecule has 3 rings (SSSR count). The smallest absolute Gasteiger partial charge is 0.308 e. The van der Waals surface area contributed by atoms with Gasteiger partial charge < -0.3 is 10.4 Å². The van der Waals surface area contributed by atoms with Crippen molar-refractivity contribution in [2.24, 2.45) is 5.92 Å². The van der Waals surface area contributed by atoms with Crippen LogP contribution in [-0.2, 0) is 9.59 Å². The zero-order valence-electron chi connectivity index (χ0n) is 11.0. The normalized spacial score (nSPS) is 28.1. The molecule has 2 aliphatic rings. The van der Waals surface area contributed by atoms with Gasteiger partial charge in [0.05, 0.1) is 11.8 Å². The first-order chi connectivity index (χ1) is 9.66. The minimum Gasteiger partial charge on any atom is -0.481 e. The molecular formula is C15H17NO3S. The lowest BCUT2D eigenvalue weighted by Crippen LogP contribution is -2.42. The molecule has 1 fully saturated rings. The summed E-state index contributed by atoms with van der Waals surface area (Å²) in [6.45, 7) is 0. The molecule has 1 aromatic rings. The number of aliphatic carboxylic acids is 1. The van der Waals surface area contributed by atoms with Crippen molar-refractivity contribution >= 4 is 23.6 Å². The summed E-state index contributed by atoms with van der Waals surface area (Å²) in [4.78, 5) is 24.7. The zero-order chi connectivity index (χ0) is 14.1. The number of carbonyl (C=O) groups is 2. The Balaban J connectivity index is 1.70. The van der Waals surface area contributed by atoms with Crippen LogP contribution < -0.4 is 5.32 Å². The Labute approximate surface area is 121 Å². The van der Waals surface area contributed by atoms with Gasteiger partial charge in [0.15, 0.2) is 0 Å². The Morgan fingerprint density at radius 2 is 2.05 bits per heavy atom. The van der Waals surface area contributed by atoms with Crippen LogP contribution in [0, 0.1) is 5.92 Å². The molecule has 0 spiro atoms. The molecule has 20 heavy (non-hydrogen) atoms. The number of rotatable bonds is 3. The van der Waals surface area contributed by atoms with E-state index < -0.39 is 11.9 Å². The third-order valence-electron chi connectivity index (χ3n) is 4.18. The molecule has 1 aliphatic heterocycles. The number of nitrogens with one attached hydrogen (secondary N) is 1. The lowest BCUT2D eigenvalue weighted by molar-refractivity contribution is -0.142. The van der Waals surface area contributed by atoms with E-state index >= 15 is 0 Å². The second kappa shape index (κ2) is 5.48. The molecule has 106 valence electrons. The first-order valence-electron chi connectivity index (χ1n) is 6.91. The highest BCUT2D eigenvalue weighted by Gasteiger charge is 2.36. The maximum Gasteiger partial charge on any atom is 0.308 e. The fourth-order valence-electron chi connectivity index (χ4n) is 3.09. The molecule has 3 unspecified atom stereocenters. The maximum atomic E-state index is 12.4. The van der Waals surface area contributed by atoms with Crippen LogP contribution in [0.3, 0.4) is 0 Å². The average Bonchev–Trinajstić information content (AvgIpc) is 3.04. The Morgan fingerprint density at radius 3 is 2.85 bits per heavy atom. The van der Waals surface area contributed by atoms with Crippen LogP contribution >= 0.6 is 11.8 Å². The molecule has 0 radical (unpaired) electrons. The largest absolute Gasteiger partial charge is 0.481 e. The van der Waals surface area contributed by atoms with Crippen molar-refractivity contribution in [1.29, 1.82) is 0 Å². The topological polar surface area (TPSA) is 66.4 Å². The van der Waals surface area contributed by atoms with E-state index in [0.29, 0.717) is 6.42 Å². The van der Waals surface area contributed by atoms with Gasteiger partial charge in [0.1, 0.15) is 0 Å². The highest BCUT2D eigenvalue weighted by atomic mass is 32.2. The predicted octanol–water partition coefficient (Wildman–Crippen LogP) is 2.25. The zero-order valence-corrected chi connectivity index (χ0v) is 11.9. The van der Waals surface area contributed by atoms with Crippen molar-refractivity contribution in [3.8, 4) is 0 Å². The third-order valence-corrected chi connectivity index (χ3v) is 5.36. The monoisotopic (exact) mass is 291 g/mol. The van der Waals surface area contributed by atoms with Gasteiger partial charge in [-0.3, -0.25) is 9.59 Å². The molecule has 0 aromatic heterocycles. The average molecular weight is 291 g/mol. The van der Waals surface area contributed by atoms with Crippen LogP contribution in [0.1, 0.15) is 30.7 Å². The Bertz CT molecular complexity index is 546. The number of carboxylic acids is 1. The Hall–Kier alpha value is -1.49. The van der Waals surface area contributed by atoms with E-state index in [0.717, 1.165) is 29.1 Å². The van der Waals surface area contributed by atoms with E-state index in [-0.39, 0.29) is 17.9 Å². The Morgan fingerprint density at radius 1 is 1.25 bits per heavy atom. The number of carbonyl (C=O) groups excluding carboxylic acids is 1. The van der Waals surface area contributed by atoms with E-state index in [1.54, 1.807) is 11.8 Å². The molecule has 0 bridgehead atoms. The van der Waals surface area contributed by atoms with Gasteiger partial charge in [0.25, 0.3) is 0 Å². The molecule has 1 aromatic carbocycles. The Kier molecular flexibility index (Phi) is 3.70. The third kappa shape index (κ3) is 2.42. The lowest BCUT2D eigenvalue weighted by atomic mass is 9.98. The van der Waals surface area contributed by atoms with E-state index in [4.69, 9.17) is 5.11 Å². The van der Waals surface area contributed by atoms with Crippen molar-refractivity contribution in [2.45, 2.75) is 36.1 Å². The summed E-state index contributed by atoms with van der Waals surface area (Å²) in [6.07, 6.45) is 2.30. The van der Waals surface area contributed by atoms with Crippen LogP contribution in [0.4, 0.5) is 0 Å². The van der Waals surface area contributed by atoms with Gasteiger partial charge in [-0.25, -0.2) is 0 Å². The van der Waals surface area contributed by atoms with Crippen LogP contribution in [0.5, 0.6) is 0 Å². The number of hydrogen-bond donors (Lipinski definition) is 2. The van der Waals surface area contributed by atoms with Crippen LogP contribution in [0.2, 0.25) is 0 Å². The second-order valence-electron chi connectivity index (χ2n) is 5.39.